The number of aliphatic hydroxyl groups excluding tert-OH is 1. The molecule has 3 N–H and O–H groups in total. The highest BCUT2D eigenvalue weighted by Crippen LogP contribution is 2.19. The molecular formula is C19H24N2O2. The summed E-state index contributed by atoms with van der Waals surface area (Å²) >= 11 is 0. The molecule has 4 nitrogen and oxygen atoms in total. The van der Waals surface area contributed by atoms with Crippen molar-refractivity contribution in [3.05, 3.63) is 65.2 Å². The lowest BCUT2D eigenvalue weighted by Crippen LogP contribution is -2.33. The van der Waals surface area contributed by atoms with Gasteiger partial charge in [0.1, 0.15) is 0 Å². The third-order valence-electron chi connectivity index (χ3n) is 4.11. The maximum Gasteiger partial charge on any atom is 0.319 e. The number of nitrogens with one attached hydrogen (secondary N) is 2. The maximum atomic E-state index is 12.1. The number of aryl methyl sites for hydroxylation is 1. The average Bonchev–Trinajstić information content (AvgIpc) is 2.56. The van der Waals surface area contributed by atoms with Crippen LogP contribution in [0.25, 0.3) is 0 Å². The molecule has 0 aliphatic rings. The highest BCUT2D eigenvalue weighted by Gasteiger charge is 2.13. The van der Waals surface area contributed by atoms with E-state index in [2.05, 4.69) is 10.6 Å². The standard InChI is InChI=1S/C19H24N2O2/c1-14-7-6-10-18(15(14)2)21-19(23)20-13-17(11-12-22)16-8-4-3-5-9-16/h3-10,17,22H,11-13H2,1-2H3,(H2,20,21,23). The summed E-state index contributed by atoms with van der Waals surface area (Å²) in [5, 5.41) is 15.0. The van der Waals surface area contributed by atoms with Crippen LogP contribution in [0, 0.1) is 13.8 Å². The van der Waals surface area contributed by atoms with Crippen LogP contribution >= 0.6 is 0 Å². The molecular weight excluding hydrogens is 288 g/mol. The van der Waals surface area contributed by atoms with E-state index < -0.39 is 0 Å². The first kappa shape index (κ1) is 17.0. The molecule has 2 aromatic rings. The molecule has 0 saturated heterocycles. The van der Waals surface area contributed by atoms with Crippen LogP contribution in [0.4, 0.5) is 10.5 Å². The van der Waals surface area contributed by atoms with Gasteiger partial charge in [-0.1, -0.05) is 42.5 Å². The Labute approximate surface area is 137 Å². The third-order valence-corrected chi connectivity index (χ3v) is 4.11. The van der Waals surface area contributed by atoms with Gasteiger partial charge in [-0.25, -0.2) is 4.79 Å². The predicted molar refractivity (Wildman–Crippen MR) is 93.8 cm³/mol. The van der Waals surface area contributed by atoms with Crippen molar-refractivity contribution in [3.8, 4) is 0 Å². The second kappa shape index (κ2) is 8.34. The number of carbonyl (C=O) groups is 1. The summed E-state index contributed by atoms with van der Waals surface area (Å²) in [5.74, 6) is 0.102. The van der Waals surface area contributed by atoms with Crippen molar-refractivity contribution in [2.75, 3.05) is 18.5 Å². The number of rotatable bonds is 6. The van der Waals surface area contributed by atoms with Crippen molar-refractivity contribution in [2.45, 2.75) is 26.2 Å². The molecule has 122 valence electrons. The van der Waals surface area contributed by atoms with Gasteiger partial charge in [0.15, 0.2) is 0 Å². The Kier molecular flexibility index (Phi) is 6.18. The van der Waals surface area contributed by atoms with Gasteiger partial charge in [0.25, 0.3) is 0 Å². The summed E-state index contributed by atoms with van der Waals surface area (Å²) in [5.41, 5.74) is 4.15. The summed E-state index contributed by atoms with van der Waals surface area (Å²) in [6.45, 7) is 4.59. The molecule has 2 aromatic carbocycles. The molecule has 0 aliphatic carbocycles. The number of hydrogen-bond acceptors (Lipinski definition) is 2. The lowest BCUT2D eigenvalue weighted by molar-refractivity contribution is 0.248. The molecule has 0 aromatic heterocycles. The molecule has 4 heteroatoms. The van der Waals surface area contributed by atoms with Crippen LogP contribution in [-0.4, -0.2) is 24.3 Å². The fourth-order valence-corrected chi connectivity index (χ4v) is 2.54. The topological polar surface area (TPSA) is 61.4 Å². The summed E-state index contributed by atoms with van der Waals surface area (Å²) < 4.78 is 0. The molecule has 0 radical (unpaired) electrons. The smallest absolute Gasteiger partial charge is 0.319 e. The molecule has 0 heterocycles. The van der Waals surface area contributed by atoms with E-state index in [0.717, 1.165) is 22.4 Å². The van der Waals surface area contributed by atoms with Crippen molar-refractivity contribution in [1.82, 2.24) is 5.32 Å². The Balaban J connectivity index is 1.95. The number of urea groups is 1. The van der Waals surface area contributed by atoms with Crippen molar-refractivity contribution in [3.63, 3.8) is 0 Å². The van der Waals surface area contributed by atoms with E-state index in [4.69, 9.17) is 0 Å². The van der Waals surface area contributed by atoms with Crippen molar-refractivity contribution in [1.29, 1.82) is 0 Å². The van der Waals surface area contributed by atoms with Gasteiger partial charge in [-0.2, -0.15) is 0 Å². The van der Waals surface area contributed by atoms with Gasteiger partial charge in [0, 0.05) is 24.8 Å². The largest absolute Gasteiger partial charge is 0.396 e. The minimum absolute atomic E-state index is 0.0971. The highest BCUT2D eigenvalue weighted by molar-refractivity contribution is 5.90. The molecule has 0 spiro atoms. The number of aliphatic hydroxyl groups is 1. The predicted octanol–water partition coefficient (Wildman–Crippen LogP) is 3.59. The summed E-state index contributed by atoms with van der Waals surface area (Å²) in [4.78, 5) is 12.1. The van der Waals surface area contributed by atoms with Crippen LogP contribution < -0.4 is 10.6 Å². The van der Waals surface area contributed by atoms with Gasteiger partial charge in [-0.15, -0.1) is 0 Å². The first-order chi connectivity index (χ1) is 11.1. The van der Waals surface area contributed by atoms with E-state index in [0.29, 0.717) is 13.0 Å². The monoisotopic (exact) mass is 312 g/mol. The van der Waals surface area contributed by atoms with Crippen LogP contribution in [0.15, 0.2) is 48.5 Å². The quantitative estimate of drug-likeness (QED) is 0.763. The molecule has 0 saturated carbocycles. The van der Waals surface area contributed by atoms with Gasteiger partial charge in [-0.05, 0) is 43.0 Å². The van der Waals surface area contributed by atoms with Gasteiger partial charge < -0.3 is 15.7 Å². The van der Waals surface area contributed by atoms with Crippen molar-refractivity contribution in [2.24, 2.45) is 0 Å². The van der Waals surface area contributed by atoms with Crippen LogP contribution in [0.2, 0.25) is 0 Å². The minimum Gasteiger partial charge on any atom is -0.396 e. The van der Waals surface area contributed by atoms with E-state index in [-0.39, 0.29) is 18.6 Å². The number of amides is 2. The average molecular weight is 312 g/mol. The third kappa shape index (κ3) is 4.83. The molecule has 0 fully saturated rings. The molecule has 23 heavy (non-hydrogen) atoms. The van der Waals surface area contributed by atoms with Crippen LogP contribution in [0.5, 0.6) is 0 Å². The number of carbonyl (C=O) groups excluding carboxylic acids is 1. The maximum absolute atomic E-state index is 12.1. The van der Waals surface area contributed by atoms with Gasteiger partial charge >= 0.3 is 6.03 Å². The zero-order valence-electron chi connectivity index (χ0n) is 13.7. The van der Waals surface area contributed by atoms with E-state index in [1.807, 2.05) is 62.4 Å². The fourth-order valence-electron chi connectivity index (χ4n) is 2.54. The van der Waals surface area contributed by atoms with Crippen LogP contribution in [0.3, 0.4) is 0 Å². The molecule has 0 aliphatic heterocycles. The van der Waals surface area contributed by atoms with Crippen LogP contribution in [-0.2, 0) is 0 Å². The first-order valence-corrected chi connectivity index (χ1v) is 7.88. The van der Waals surface area contributed by atoms with Crippen LogP contribution in [0.1, 0.15) is 29.0 Å². The zero-order chi connectivity index (χ0) is 16.7. The second-order valence-electron chi connectivity index (χ2n) is 5.70. The Morgan fingerprint density at radius 3 is 2.52 bits per heavy atom. The molecule has 0 bridgehead atoms. The van der Waals surface area contributed by atoms with Gasteiger partial charge in [0.05, 0.1) is 0 Å². The molecule has 1 unspecified atom stereocenters. The van der Waals surface area contributed by atoms with E-state index in [9.17, 15) is 9.90 Å². The van der Waals surface area contributed by atoms with Crippen molar-refractivity contribution >= 4 is 11.7 Å². The minimum atomic E-state index is -0.224. The Bertz CT molecular complexity index is 641. The molecule has 2 rings (SSSR count). The van der Waals surface area contributed by atoms with E-state index in [1.54, 1.807) is 0 Å². The lowest BCUT2D eigenvalue weighted by Gasteiger charge is -2.18. The summed E-state index contributed by atoms with van der Waals surface area (Å²) in [6.07, 6.45) is 0.619. The second-order valence-corrected chi connectivity index (χ2v) is 5.70. The number of benzene rings is 2. The Morgan fingerprint density at radius 1 is 1.09 bits per heavy atom. The molecule has 1 atom stereocenters. The normalized spacial score (nSPS) is 11.8. The first-order valence-electron chi connectivity index (χ1n) is 7.88. The fraction of sp³-hybridized carbons (Fsp3) is 0.316. The van der Waals surface area contributed by atoms with Gasteiger partial charge in [0.2, 0.25) is 0 Å². The summed E-state index contributed by atoms with van der Waals surface area (Å²) in [6, 6.07) is 15.5. The Hall–Kier alpha value is -2.33. The Morgan fingerprint density at radius 2 is 1.83 bits per heavy atom. The highest BCUT2D eigenvalue weighted by atomic mass is 16.3. The number of hydrogen-bond donors (Lipinski definition) is 3. The zero-order valence-corrected chi connectivity index (χ0v) is 13.7. The SMILES string of the molecule is Cc1cccc(NC(=O)NCC(CCO)c2ccccc2)c1C. The summed E-state index contributed by atoms with van der Waals surface area (Å²) in [7, 11) is 0. The van der Waals surface area contributed by atoms with Gasteiger partial charge in [-0.3, -0.25) is 0 Å². The van der Waals surface area contributed by atoms with E-state index in [1.165, 1.54) is 0 Å². The number of anilines is 1. The van der Waals surface area contributed by atoms with Crippen molar-refractivity contribution < 1.29 is 9.90 Å². The molecule has 2 amide bonds. The lowest BCUT2D eigenvalue weighted by atomic mass is 9.96. The van der Waals surface area contributed by atoms with E-state index >= 15 is 0 Å².